The Morgan fingerprint density at radius 1 is 0.826 bits per heavy atom. The predicted molar refractivity (Wildman–Crippen MR) is 93.8 cm³/mol. The summed E-state index contributed by atoms with van der Waals surface area (Å²) in [6.07, 6.45) is 2.97. The van der Waals surface area contributed by atoms with Crippen molar-refractivity contribution in [2.45, 2.75) is 33.1 Å². The molecular weight excluding hydrogens is 288 g/mol. The van der Waals surface area contributed by atoms with Crippen LogP contribution in [0.5, 0.6) is 17.2 Å². The van der Waals surface area contributed by atoms with E-state index in [0.29, 0.717) is 13.2 Å². The van der Waals surface area contributed by atoms with Crippen LogP contribution in [0.2, 0.25) is 0 Å². The van der Waals surface area contributed by atoms with E-state index < -0.39 is 0 Å². The second-order valence-corrected chi connectivity index (χ2v) is 5.56. The Kier molecular flexibility index (Phi) is 6.79. The topological polar surface area (TPSA) is 27.7 Å². The smallest absolute Gasteiger partial charge is 0.161 e. The maximum absolute atomic E-state index is 5.79. The summed E-state index contributed by atoms with van der Waals surface area (Å²) >= 11 is 0. The van der Waals surface area contributed by atoms with Gasteiger partial charge in [-0.15, -0.1) is 0 Å². The summed E-state index contributed by atoms with van der Waals surface area (Å²) in [4.78, 5) is 0. The van der Waals surface area contributed by atoms with Crippen molar-refractivity contribution in [2.24, 2.45) is 0 Å². The molecule has 124 valence electrons. The van der Waals surface area contributed by atoms with Crippen molar-refractivity contribution in [3.05, 3.63) is 53.6 Å². The summed E-state index contributed by atoms with van der Waals surface area (Å²) in [5.74, 6) is 2.52. The number of aryl methyl sites for hydroxylation is 2. The van der Waals surface area contributed by atoms with Gasteiger partial charge in [0, 0.05) is 0 Å². The van der Waals surface area contributed by atoms with Crippen LogP contribution in [0, 0.1) is 6.92 Å². The van der Waals surface area contributed by atoms with E-state index >= 15 is 0 Å². The van der Waals surface area contributed by atoms with E-state index in [2.05, 4.69) is 19.1 Å². The van der Waals surface area contributed by atoms with E-state index in [0.717, 1.165) is 42.1 Å². The molecule has 0 atom stereocenters. The van der Waals surface area contributed by atoms with Crippen molar-refractivity contribution in [3.8, 4) is 17.2 Å². The largest absolute Gasteiger partial charge is 0.494 e. The van der Waals surface area contributed by atoms with Gasteiger partial charge in [-0.2, -0.15) is 0 Å². The zero-order chi connectivity index (χ0) is 16.5. The molecule has 2 rings (SSSR count). The maximum atomic E-state index is 5.79. The minimum absolute atomic E-state index is 0.664. The number of benzene rings is 2. The third kappa shape index (κ3) is 5.51. The van der Waals surface area contributed by atoms with Crippen LogP contribution in [0.1, 0.15) is 30.9 Å². The zero-order valence-electron chi connectivity index (χ0n) is 14.3. The Balaban J connectivity index is 1.65. The standard InChI is InChI=1S/C20H26O3/c1-4-17-8-10-18(11-9-17)22-13-5-6-14-23-19-12-7-16(2)15-20(19)21-3/h7-12,15H,4-6,13-14H2,1-3H3. The van der Waals surface area contributed by atoms with Crippen LogP contribution in [0.4, 0.5) is 0 Å². The first-order chi connectivity index (χ1) is 11.2. The third-order valence-corrected chi connectivity index (χ3v) is 3.72. The Labute approximate surface area is 139 Å². The highest BCUT2D eigenvalue weighted by Crippen LogP contribution is 2.27. The second kappa shape index (κ2) is 9.09. The fourth-order valence-corrected chi connectivity index (χ4v) is 2.29. The number of ether oxygens (including phenoxy) is 3. The molecular formula is C20H26O3. The summed E-state index contributed by atoms with van der Waals surface area (Å²) in [5.41, 5.74) is 2.49. The van der Waals surface area contributed by atoms with Crippen LogP contribution in [-0.2, 0) is 6.42 Å². The van der Waals surface area contributed by atoms with Crippen LogP contribution in [-0.4, -0.2) is 20.3 Å². The van der Waals surface area contributed by atoms with Crippen LogP contribution in [0.15, 0.2) is 42.5 Å². The number of methoxy groups -OCH3 is 1. The minimum atomic E-state index is 0.664. The van der Waals surface area contributed by atoms with Crippen molar-refractivity contribution in [3.63, 3.8) is 0 Å². The van der Waals surface area contributed by atoms with Crippen LogP contribution < -0.4 is 14.2 Å². The SMILES string of the molecule is CCc1ccc(OCCCCOc2ccc(C)cc2OC)cc1. The first-order valence-corrected chi connectivity index (χ1v) is 8.22. The fourth-order valence-electron chi connectivity index (χ4n) is 2.29. The molecule has 0 unspecified atom stereocenters. The predicted octanol–water partition coefficient (Wildman–Crippen LogP) is 4.80. The quantitative estimate of drug-likeness (QED) is 0.622. The lowest BCUT2D eigenvalue weighted by Crippen LogP contribution is -2.03. The molecule has 0 saturated carbocycles. The molecule has 0 aliphatic carbocycles. The molecule has 0 aliphatic rings. The summed E-state index contributed by atoms with van der Waals surface area (Å²) in [6.45, 7) is 5.56. The van der Waals surface area contributed by atoms with E-state index in [9.17, 15) is 0 Å². The van der Waals surface area contributed by atoms with Gasteiger partial charge in [0.2, 0.25) is 0 Å². The Hall–Kier alpha value is -2.16. The number of hydrogen-bond donors (Lipinski definition) is 0. The second-order valence-electron chi connectivity index (χ2n) is 5.56. The van der Waals surface area contributed by atoms with Gasteiger partial charge in [-0.3, -0.25) is 0 Å². The minimum Gasteiger partial charge on any atom is -0.494 e. The average molecular weight is 314 g/mol. The van der Waals surface area contributed by atoms with E-state index in [1.165, 1.54) is 5.56 Å². The molecule has 0 radical (unpaired) electrons. The van der Waals surface area contributed by atoms with Gasteiger partial charge in [-0.1, -0.05) is 25.1 Å². The molecule has 0 fully saturated rings. The van der Waals surface area contributed by atoms with Gasteiger partial charge < -0.3 is 14.2 Å². The molecule has 3 nitrogen and oxygen atoms in total. The lowest BCUT2D eigenvalue weighted by atomic mass is 10.2. The van der Waals surface area contributed by atoms with Crippen molar-refractivity contribution >= 4 is 0 Å². The highest BCUT2D eigenvalue weighted by atomic mass is 16.5. The molecule has 23 heavy (non-hydrogen) atoms. The molecule has 0 bridgehead atoms. The van der Waals surface area contributed by atoms with Gasteiger partial charge >= 0.3 is 0 Å². The molecule has 0 saturated heterocycles. The normalized spacial score (nSPS) is 10.4. The number of rotatable bonds is 9. The van der Waals surface area contributed by atoms with Gasteiger partial charge in [0.25, 0.3) is 0 Å². The third-order valence-electron chi connectivity index (χ3n) is 3.72. The van der Waals surface area contributed by atoms with Crippen LogP contribution >= 0.6 is 0 Å². The van der Waals surface area contributed by atoms with Crippen molar-refractivity contribution < 1.29 is 14.2 Å². The first kappa shape index (κ1) is 17.2. The molecule has 0 heterocycles. The molecule has 0 amide bonds. The van der Waals surface area contributed by atoms with Gasteiger partial charge in [0.05, 0.1) is 20.3 Å². The summed E-state index contributed by atoms with van der Waals surface area (Å²) in [6, 6.07) is 14.3. The summed E-state index contributed by atoms with van der Waals surface area (Å²) in [7, 11) is 1.67. The molecule has 0 aromatic heterocycles. The lowest BCUT2D eigenvalue weighted by Gasteiger charge is -2.11. The monoisotopic (exact) mass is 314 g/mol. The van der Waals surface area contributed by atoms with E-state index in [1.807, 2.05) is 37.3 Å². The van der Waals surface area contributed by atoms with Gasteiger partial charge in [-0.25, -0.2) is 0 Å². The molecule has 2 aromatic carbocycles. The van der Waals surface area contributed by atoms with Crippen molar-refractivity contribution in [2.75, 3.05) is 20.3 Å². The van der Waals surface area contributed by atoms with Gasteiger partial charge in [0.1, 0.15) is 5.75 Å². The molecule has 0 aliphatic heterocycles. The van der Waals surface area contributed by atoms with Crippen LogP contribution in [0.25, 0.3) is 0 Å². The molecule has 0 spiro atoms. The lowest BCUT2D eigenvalue weighted by molar-refractivity contribution is 0.258. The number of unbranched alkanes of at least 4 members (excludes halogenated alkanes) is 1. The van der Waals surface area contributed by atoms with Crippen LogP contribution in [0.3, 0.4) is 0 Å². The Morgan fingerprint density at radius 3 is 2.17 bits per heavy atom. The maximum Gasteiger partial charge on any atom is 0.161 e. The molecule has 3 heteroatoms. The first-order valence-electron chi connectivity index (χ1n) is 8.22. The van der Waals surface area contributed by atoms with Crippen molar-refractivity contribution in [1.82, 2.24) is 0 Å². The fraction of sp³-hybridized carbons (Fsp3) is 0.400. The van der Waals surface area contributed by atoms with Crippen molar-refractivity contribution in [1.29, 1.82) is 0 Å². The van der Waals surface area contributed by atoms with Gasteiger partial charge in [-0.05, 0) is 61.6 Å². The van der Waals surface area contributed by atoms with E-state index in [-0.39, 0.29) is 0 Å². The summed E-state index contributed by atoms with van der Waals surface area (Å²) < 4.78 is 16.9. The number of hydrogen-bond acceptors (Lipinski definition) is 3. The molecule has 0 N–H and O–H groups in total. The highest BCUT2D eigenvalue weighted by Gasteiger charge is 2.04. The molecule has 2 aromatic rings. The van der Waals surface area contributed by atoms with Gasteiger partial charge in [0.15, 0.2) is 11.5 Å². The Bertz CT molecular complexity index is 590. The Morgan fingerprint density at radius 2 is 1.52 bits per heavy atom. The average Bonchev–Trinajstić information content (AvgIpc) is 2.59. The zero-order valence-corrected chi connectivity index (χ0v) is 14.3. The van der Waals surface area contributed by atoms with E-state index in [1.54, 1.807) is 7.11 Å². The summed E-state index contributed by atoms with van der Waals surface area (Å²) in [5, 5.41) is 0. The highest BCUT2D eigenvalue weighted by molar-refractivity contribution is 5.42. The van der Waals surface area contributed by atoms with E-state index in [4.69, 9.17) is 14.2 Å².